The minimum Gasteiger partial charge on any atom is -0.493 e. The molecule has 1 amide bonds. The third kappa shape index (κ3) is 4.09. The normalized spacial score (nSPS) is 10.2. The molecule has 0 aliphatic rings. The molecule has 28 heavy (non-hydrogen) atoms. The van der Waals surface area contributed by atoms with E-state index in [0.29, 0.717) is 29.4 Å². The molecule has 3 aromatic rings. The predicted molar refractivity (Wildman–Crippen MR) is 109 cm³/mol. The number of hydrogen-bond donors (Lipinski definition) is 1. The van der Waals surface area contributed by atoms with Gasteiger partial charge in [-0.25, -0.2) is 0 Å². The Labute approximate surface area is 164 Å². The van der Waals surface area contributed by atoms with E-state index >= 15 is 0 Å². The van der Waals surface area contributed by atoms with Crippen molar-refractivity contribution in [2.75, 3.05) is 21.3 Å². The van der Waals surface area contributed by atoms with Crippen molar-refractivity contribution in [1.82, 2.24) is 5.32 Å². The number of hydrogen-bond acceptors (Lipinski definition) is 4. The summed E-state index contributed by atoms with van der Waals surface area (Å²) in [5.74, 6) is 1.48. The van der Waals surface area contributed by atoms with Crippen LogP contribution in [0.25, 0.3) is 11.1 Å². The van der Waals surface area contributed by atoms with Crippen LogP contribution in [0.4, 0.5) is 0 Å². The van der Waals surface area contributed by atoms with E-state index in [1.807, 2.05) is 66.7 Å². The summed E-state index contributed by atoms with van der Waals surface area (Å²) < 4.78 is 16.1. The summed E-state index contributed by atoms with van der Waals surface area (Å²) in [7, 11) is 4.69. The van der Waals surface area contributed by atoms with Gasteiger partial charge in [0.15, 0.2) is 11.5 Å². The molecular weight excluding hydrogens is 354 g/mol. The second-order valence-corrected chi connectivity index (χ2v) is 6.13. The SMILES string of the molecule is COc1cc(CNC(=O)c2ccccc2-c2ccccc2)cc(OC)c1OC. The van der Waals surface area contributed by atoms with Crippen LogP contribution >= 0.6 is 0 Å². The Balaban J connectivity index is 1.82. The van der Waals surface area contributed by atoms with Crippen molar-refractivity contribution in [3.05, 3.63) is 77.9 Å². The van der Waals surface area contributed by atoms with Gasteiger partial charge >= 0.3 is 0 Å². The Morgan fingerprint density at radius 1 is 0.821 bits per heavy atom. The molecule has 1 N–H and O–H groups in total. The predicted octanol–water partition coefficient (Wildman–Crippen LogP) is 4.31. The first-order chi connectivity index (χ1) is 13.7. The quantitative estimate of drug-likeness (QED) is 0.667. The third-order valence-electron chi connectivity index (χ3n) is 4.43. The summed E-state index contributed by atoms with van der Waals surface area (Å²) in [6.07, 6.45) is 0. The van der Waals surface area contributed by atoms with Gasteiger partial charge in [-0.3, -0.25) is 4.79 Å². The molecule has 144 valence electrons. The van der Waals surface area contributed by atoms with Gasteiger partial charge in [0.05, 0.1) is 21.3 Å². The summed E-state index contributed by atoms with van der Waals surface area (Å²) in [6.45, 7) is 0.332. The maximum atomic E-state index is 12.8. The first-order valence-electron chi connectivity index (χ1n) is 8.89. The molecule has 5 heteroatoms. The highest BCUT2D eigenvalue weighted by Crippen LogP contribution is 2.38. The number of amides is 1. The number of carbonyl (C=O) groups excluding carboxylic acids is 1. The molecule has 0 unspecified atom stereocenters. The fourth-order valence-corrected chi connectivity index (χ4v) is 3.07. The summed E-state index contributed by atoms with van der Waals surface area (Å²) in [5.41, 5.74) is 3.37. The van der Waals surface area contributed by atoms with Gasteiger partial charge in [0.1, 0.15) is 0 Å². The van der Waals surface area contributed by atoms with Crippen molar-refractivity contribution < 1.29 is 19.0 Å². The average molecular weight is 377 g/mol. The van der Waals surface area contributed by atoms with Gasteiger partial charge in [-0.2, -0.15) is 0 Å². The molecule has 0 aromatic heterocycles. The molecule has 0 spiro atoms. The third-order valence-corrected chi connectivity index (χ3v) is 4.43. The molecule has 0 radical (unpaired) electrons. The topological polar surface area (TPSA) is 56.8 Å². The van der Waals surface area contributed by atoms with Crippen molar-refractivity contribution in [2.24, 2.45) is 0 Å². The summed E-state index contributed by atoms with van der Waals surface area (Å²) in [4.78, 5) is 12.8. The van der Waals surface area contributed by atoms with Crippen molar-refractivity contribution in [3.63, 3.8) is 0 Å². The van der Waals surface area contributed by atoms with Crippen LogP contribution in [0.2, 0.25) is 0 Å². The maximum Gasteiger partial charge on any atom is 0.252 e. The van der Waals surface area contributed by atoms with Gasteiger partial charge in [0.2, 0.25) is 5.75 Å². The lowest BCUT2D eigenvalue weighted by Gasteiger charge is -2.15. The van der Waals surface area contributed by atoms with Crippen LogP contribution in [0, 0.1) is 0 Å². The number of ether oxygens (including phenoxy) is 3. The van der Waals surface area contributed by atoms with Gasteiger partial charge < -0.3 is 19.5 Å². The smallest absolute Gasteiger partial charge is 0.252 e. The largest absolute Gasteiger partial charge is 0.493 e. The fraction of sp³-hybridized carbons (Fsp3) is 0.174. The van der Waals surface area contributed by atoms with Crippen LogP contribution in [0.1, 0.15) is 15.9 Å². The summed E-state index contributed by atoms with van der Waals surface area (Å²) in [5, 5.41) is 2.97. The van der Waals surface area contributed by atoms with Crippen LogP contribution in [-0.2, 0) is 6.54 Å². The molecule has 0 atom stereocenters. The van der Waals surface area contributed by atoms with Crippen LogP contribution in [-0.4, -0.2) is 27.2 Å². The zero-order chi connectivity index (χ0) is 19.9. The van der Waals surface area contributed by atoms with Crippen molar-refractivity contribution >= 4 is 5.91 Å². The van der Waals surface area contributed by atoms with E-state index in [2.05, 4.69) is 5.32 Å². The maximum absolute atomic E-state index is 12.8. The lowest BCUT2D eigenvalue weighted by Crippen LogP contribution is -2.23. The van der Waals surface area contributed by atoms with Crippen molar-refractivity contribution in [3.8, 4) is 28.4 Å². The molecule has 3 aromatic carbocycles. The van der Waals surface area contributed by atoms with E-state index in [1.165, 1.54) is 0 Å². The number of benzene rings is 3. The Morgan fingerprint density at radius 2 is 1.43 bits per heavy atom. The van der Waals surface area contributed by atoms with Crippen molar-refractivity contribution in [1.29, 1.82) is 0 Å². The zero-order valence-electron chi connectivity index (χ0n) is 16.2. The van der Waals surface area contributed by atoms with Crippen LogP contribution in [0.15, 0.2) is 66.7 Å². The van der Waals surface area contributed by atoms with Gasteiger partial charge in [0, 0.05) is 12.1 Å². The molecule has 0 saturated carbocycles. The van der Waals surface area contributed by atoms with Crippen LogP contribution in [0.3, 0.4) is 0 Å². The summed E-state index contributed by atoms with van der Waals surface area (Å²) in [6, 6.07) is 21.1. The first kappa shape index (κ1) is 19.3. The first-order valence-corrected chi connectivity index (χ1v) is 8.89. The lowest BCUT2D eigenvalue weighted by atomic mass is 9.99. The van der Waals surface area contributed by atoms with E-state index in [0.717, 1.165) is 16.7 Å². The molecule has 5 nitrogen and oxygen atoms in total. The van der Waals surface area contributed by atoms with Gasteiger partial charge in [-0.1, -0.05) is 48.5 Å². The average Bonchev–Trinajstić information content (AvgIpc) is 2.77. The standard InChI is InChI=1S/C23H23NO4/c1-26-20-13-16(14-21(27-2)22(20)28-3)15-24-23(25)19-12-8-7-11-18(19)17-9-5-4-6-10-17/h4-14H,15H2,1-3H3,(H,24,25). The zero-order valence-corrected chi connectivity index (χ0v) is 16.2. The summed E-state index contributed by atoms with van der Waals surface area (Å²) >= 11 is 0. The van der Waals surface area contributed by atoms with Crippen molar-refractivity contribution in [2.45, 2.75) is 6.54 Å². The van der Waals surface area contributed by atoms with E-state index in [9.17, 15) is 4.79 Å². The number of methoxy groups -OCH3 is 3. The molecule has 0 saturated heterocycles. The minimum absolute atomic E-state index is 0.145. The monoisotopic (exact) mass is 377 g/mol. The highest BCUT2D eigenvalue weighted by atomic mass is 16.5. The molecule has 0 bridgehead atoms. The molecular formula is C23H23NO4. The Hall–Kier alpha value is -3.47. The molecule has 3 rings (SSSR count). The van der Waals surface area contributed by atoms with Crippen LogP contribution in [0.5, 0.6) is 17.2 Å². The van der Waals surface area contributed by atoms with Crippen LogP contribution < -0.4 is 19.5 Å². The van der Waals surface area contributed by atoms with Gasteiger partial charge in [-0.15, -0.1) is 0 Å². The fourth-order valence-electron chi connectivity index (χ4n) is 3.07. The van der Waals surface area contributed by atoms with E-state index in [4.69, 9.17) is 14.2 Å². The number of rotatable bonds is 7. The minimum atomic E-state index is -0.145. The van der Waals surface area contributed by atoms with Gasteiger partial charge in [0.25, 0.3) is 5.91 Å². The Kier molecular flexibility index (Phi) is 6.17. The van der Waals surface area contributed by atoms with E-state index < -0.39 is 0 Å². The number of carbonyl (C=O) groups is 1. The Morgan fingerprint density at radius 3 is 2.04 bits per heavy atom. The molecule has 0 aliphatic heterocycles. The Bertz CT molecular complexity index is 929. The van der Waals surface area contributed by atoms with E-state index in [-0.39, 0.29) is 5.91 Å². The second-order valence-electron chi connectivity index (χ2n) is 6.13. The number of nitrogens with one attached hydrogen (secondary N) is 1. The van der Waals surface area contributed by atoms with E-state index in [1.54, 1.807) is 21.3 Å². The molecule has 0 heterocycles. The highest BCUT2D eigenvalue weighted by molar-refractivity contribution is 6.00. The second kappa shape index (κ2) is 8.95. The highest BCUT2D eigenvalue weighted by Gasteiger charge is 2.15. The molecule has 0 aliphatic carbocycles. The molecule has 0 fully saturated rings. The lowest BCUT2D eigenvalue weighted by molar-refractivity contribution is 0.0951. The van der Waals surface area contributed by atoms with Gasteiger partial charge in [-0.05, 0) is 34.9 Å².